The molecule has 1 aromatic carbocycles. The van der Waals surface area contributed by atoms with Gasteiger partial charge in [0.25, 0.3) is 0 Å². The highest BCUT2D eigenvalue weighted by molar-refractivity contribution is 5.92. The molecule has 2 saturated heterocycles. The molecule has 134 valence electrons. The number of likely N-dealkylation sites (tertiary alicyclic amines) is 1. The zero-order chi connectivity index (χ0) is 18.0. The van der Waals surface area contributed by atoms with Gasteiger partial charge in [-0.3, -0.25) is 14.4 Å². The van der Waals surface area contributed by atoms with E-state index < -0.39 is 0 Å². The first-order valence-corrected chi connectivity index (χ1v) is 8.56. The van der Waals surface area contributed by atoms with Crippen LogP contribution in [0.4, 0.5) is 4.39 Å². The second kappa shape index (κ2) is 7.21. The lowest BCUT2D eigenvalue weighted by molar-refractivity contribution is -0.147. The van der Waals surface area contributed by atoms with Crippen LogP contribution in [-0.2, 0) is 20.9 Å². The van der Waals surface area contributed by atoms with Gasteiger partial charge < -0.3 is 14.7 Å². The average molecular weight is 347 g/mol. The number of piperazine rings is 1. The third-order valence-corrected chi connectivity index (χ3v) is 4.86. The number of hydrogen-bond donors (Lipinski definition) is 0. The summed E-state index contributed by atoms with van der Waals surface area (Å²) in [5.41, 5.74) is 0.856. The number of carbonyl (C=O) groups is 3. The van der Waals surface area contributed by atoms with Crippen LogP contribution in [0.15, 0.2) is 24.3 Å². The normalized spacial score (nSPS) is 21.2. The Morgan fingerprint density at radius 2 is 1.84 bits per heavy atom. The van der Waals surface area contributed by atoms with E-state index >= 15 is 0 Å². The van der Waals surface area contributed by atoms with Crippen molar-refractivity contribution in [1.82, 2.24) is 14.7 Å². The first-order chi connectivity index (χ1) is 12.0. The van der Waals surface area contributed by atoms with Gasteiger partial charge in [0.15, 0.2) is 0 Å². The molecule has 0 unspecified atom stereocenters. The highest BCUT2D eigenvalue weighted by Crippen LogP contribution is 2.21. The minimum absolute atomic E-state index is 0.00197. The number of benzene rings is 1. The standard InChI is InChI=1S/C18H22FN3O3/c1-2-20-11-14(9-16(20)23)18(25)22-8-7-21(17(24)12-22)10-13-3-5-15(19)6-4-13/h3-6,14H,2,7-12H2,1H3/t14-/m0/s1. The maximum absolute atomic E-state index is 13.0. The van der Waals surface area contributed by atoms with Crippen molar-refractivity contribution in [1.29, 1.82) is 0 Å². The van der Waals surface area contributed by atoms with Crippen LogP contribution in [0.1, 0.15) is 18.9 Å². The molecule has 2 aliphatic heterocycles. The number of halogens is 1. The zero-order valence-electron chi connectivity index (χ0n) is 14.3. The molecular formula is C18H22FN3O3. The Bertz CT molecular complexity index is 677. The highest BCUT2D eigenvalue weighted by atomic mass is 19.1. The molecule has 0 bridgehead atoms. The van der Waals surface area contributed by atoms with Gasteiger partial charge in [-0.1, -0.05) is 12.1 Å². The van der Waals surface area contributed by atoms with Crippen LogP contribution in [0.2, 0.25) is 0 Å². The molecule has 2 fully saturated rings. The summed E-state index contributed by atoms with van der Waals surface area (Å²) in [5.74, 6) is -0.886. The predicted molar refractivity (Wildman–Crippen MR) is 88.8 cm³/mol. The topological polar surface area (TPSA) is 60.9 Å². The summed E-state index contributed by atoms with van der Waals surface area (Å²) >= 11 is 0. The SMILES string of the molecule is CCN1C[C@@H](C(=O)N2CCN(Cc3ccc(F)cc3)C(=O)C2)CC1=O. The quantitative estimate of drug-likeness (QED) is 0.812. The number of hydrogen-bond acceptors (Lipinski definition) is 3. The second-order valence-corrected chi connectivity index (χ2v) is 6.53. The van der Waals surface area contributed by atoms with Gasteiger partial charge >= 0.3 is 0 Å². The van der Waals surface area contributed by atoms with E-state index in [4.69, 9.17) is 0 Å². The predicted octanol–water partition coefficient (Wildman–Crippen LogP) is 0.865. The summed E-state index contributed by atoms with van der Waals surface area (Å²) in [7, 11) is 0. The van der Waals surface area contributed by atoms with Crippen LogP contribution in [0.25, 0.3) is 0 Å². The van der Waals surface area contributed by atoms with E-state index in [0.29, 0.717) is 32.7 Å². The first kappa shape index (κ1) is 17.4. The van der Waals surface area contributed by atoms with Crippen molar-refractivity contribution >= 4 is 17.7 Å². The fourth-order valence-electron chi connectivity index (χ4n) is 3.38. The largest absolute Gasteiger partial charge is 0.342 e. The first-order valence-electron chi connectivity index (χ1n) is 8.56. The molecule has 2 aliphatic rings. The van der Waals surface area contributed by atoms with Gasteiger partial charge in [0.2, 0.25) is 17.7 Å². The monoisotopic (exact) mass is 347 g/mol. The molecule has 1 aromatic rings. The maximum Gasteiger partial charge on any atom is 0.242 e. The van der Waals surface area contributed by atoms with Crippen LogP contribution < -0.4 is 0 Å². The fourth-order valence-corrected chi connectivity index (χ4v) is 3.38. The zero-order valence-corrected chi connectivity index (χ0v) is 14.3. The molecule has 0 aromatic heterocycles. The van der Waals surface area contributed by atoms with Crippen LogP contribution in [0.5, 0.6) is 0 Å². The van der Waals surface area contributed by atoms with Gasteiger partial charge in [0.05, 0.1) is 12.5 Å². The van der Waals surface area contributed by atoms with E-state index in [1.54, 1.807) is 26.8 Å². The molecule has 0 radical (unpaired) electrons. The summed E-state index contributed by atoms with van der Waals surface area (Å²) in [4.78, 5) is 41.7. The van der Waals surface area contributed by atoms with E-state index in [1.807, 2.05) is 6.92 Å². The Morgan fingerprint density at radius 3 is 2.44 bits per heavy atom. The minimum atomic E-state index is -0.344. The Balaban J connectivity index is 1.56. The van der Waals surface area contributed by atoms with Gasteiger partial charge in [0.1, 0.15) is 5.82 Å². The smallest absolute Gasteiger partial charge is 0.242 e. The summed E-state index contributed by atoms with van der Waals surface area (Å²) in [5, 5.41) is 0. The molecule has 0 aliphatic carbocycles. The number of nitrogens with zero attached hydrogens (tertiary/aromatic N) is 3. The molecule has 0 saturated carbocycles. The molecule has 7 heteroatoms. The number of amides is 3. The molecule has 2 heterocycles. The molecule has 6 nitrogen and oxygen atoms in total. The third-order valence-electron chi connectivity index (χ3n) is 4.86. The Kier molecular flexibility index (Phi) is 5.01. The summed E-state index contributed by atoms with van der Waals surface area (Å²) in [6, 6.07) is 6.06. The molecule has 25 heavy (non-hydrogen) atoms. The average Bonchev–Trinajstić information content (AvgIpc) is 2.99. The molecule has 0 spiro atoms. The van der Waals surface area contributed by atoms with Crippen molar-refractivity contribution in [3.63, 3.8) is 0 Å². The van der Waals surface area contributed by atoms with Crippen LogP contribution in [-0.4, -0.2) is 65.1 Å². The molecule has 3 amide bonds. The van der Waals surface area contributed by atoms with Gasteiger partial charge in [0, 0.05) is 39.1 Å². The Labute approximate surface area is 146 Å². The third kappa shape index (κ3) is 3.81. The van der Waals surface area contributed by atoms with E-state index in [2.05, 4.69) is 0 Å². The van der Waals surface area contributed by atoms with Crippen LogP contribution in [0.3, 0.4) is 0 Å². The summed E-state index contributed by atoms with van der Waals surface area (Å²) in [6.45, 7) is 4.29. The van der Waals surface area contributed by atoms with Gasteiger partial charge in [-0.15, -0.1) is 0 Å². The Hall–Kier alpha value is -2.44. The van der Waals surface area contributed by atoms with Crippen molar-refractivity contribution < 1.29 is 18.8 Å². The van der Waals surface area contributed by atoms with E-state index in [9.17, 15) is 18.8 Å². The van der Waals surface area contributed by atoms with Crippen molar-refractivity contribution in [2.45, 2.75) is 19.9 Å². The fraction of sp³-hybridized carbons (Fsp3) is 0.500. The van der Waals surface area contributed by atoms with Crippen molar-refractivity contribution in [3.8, 4) is 0 Å². The number of rotatable bonds is 4. The van der Waals surface area contributed by atoms with E-state index in [0.717, 1.165) is 5.56 Å². The molecule has 0 N–H and O–H groups in total. The van der Waals surface area contributed by atoms with E-state index in [-0.39, 0.29) is 42.4 Å². The molecule has 1 atom stereocenters. The van der Waals surface area contributed by atoms with Crippen molar-refractivity contribution in [2.24, 2.45) is 5.92 Å². The second-order valence-electron chi connectivity index (χ2n) is 6.53. The number of carbonyl (C=O) groups excluding carboxylic acids is 3. The lowest BCUT2D eigenvalue weighted by Crippen LogP contribution is -2.53. The summed E-state index contributed by atoms with van der Waals surface area (Å²) < 4.78 is 13.0. The van der Waals surface area contributed by atoms with Gasteiger partial charge in [-0.05, 0) is 24.6 Å². The van der Waals surface area contributed by atoms with E-state index in [1.165, 1.54) is 12.1 Å². The Morgan fingerprint density at radius 1 is 1.12 bits per heavy atom. The van der Waals surface area contributed by atoms with Gasteiger partial charge in [-0.2, -0.15) is 0 Å². The molecule has 3 rings (SSSR count). The lowest BCUT2D eigenvalue weighted by Gasteiger charge is -2.35. The molecular weight excluding hydrogens is 325 g/mol. The minimum Gasteiger partial charge on any atom is -0.342 e. The van der Waals surface area contributed by atoms with Crippen molar-refractivity contribution in [3.05, 3.63) is 35.6 Å². The maximum atomic E-state index is 13.0. The van der Waals surface area contributed by atoms with Gasteiger partial charge in [-0.25, -0.2) is 4.39 Å². The highest BCUT2D eigenvalue weighted by Gasteiger charge is 2.37. The summed E-state index contributed by atoms with van der Waals surface area (Å²) in [6.07, 6.45) is 0.233. The van der Waals surface area contributed by atoms with Crippen LogP contribution >= 0.6 is 0 Å². The van der Waals surface area contributed by atoms with Crippen LogP contribution in [0, 0.1) is 11.7 Å². The lowest BCUT2D eigenvalue weighted by atomic mass is 10.1. The van der Waals surface area contributed by atoms with Crippen molar-refractivity contribution in [2.75, 3.05) is 32.7 Å².